The number of nitriles is 1. The molecule has 0 radical (unpaired) electrons. The molecule has 0 unspecified atom stereocenters. The molecule has 0 saturated heterocycles. The Hall–Kier alpha value is -2.67. The van der Waals surface area contributed by atoms with Crippen molar-refractivity contribution in [1.29, 1.82) is 5.26 Å². The Balaban J connectivity index is 2.26. The quantitative estimate of drug-likeness (QED) is 0.771. The van der Waals surface area contributed by atoms with Gasteiger partial charge >= 0.3 is 0 Å². The average molecular weight is 240 g/mol. The summed E-state index contributed by atoms with van der Waals surface area (Å²) in [6.45, 7) is 0. The molecule has 18 heavy (non-hydrogen) atoms. The summed E-state index contributed by atoms with van der Waals surface area (Å²) >= 11 is 0. The Kier molecular flexibility index (Phi) is 3.67. The van der Waals surface area contributed by atoms with Crippen molar-refractivity contribution in [1.82, 2.24) is 4.98 Å². The van der Waals surface area contributed by atoms with E-state index in [1.54, 1.807) is 24.5 Å². The van der Waals surface area contributed by atoms with Crippen molar-refractivity contribution in [2.45, 2.75) is 0 Å². The van der Waals surface area contributed by atoms with Gasteiger partial charge in [0.05, 0.1) is 6.07 Å². The molecule has 1 heterocycles. The number of allylic oxidation sites excluding steroid dienone is 1. The van der Waals surface area contributed by atoms with Crippen LogP contribution in [0.3, 0.4) is 0 Å². The summed E-state index contributed by atoms with van der Waals surface area (Å²) in [5, 5.41) is 8.50. The first-order chi connectivity index (χ1) is 8.79. The zero-order valence-corrected chi connectivity index (χ0v) is 9.38. The summed E-state index contributed by atoms with van der Waals surface area (Å²) in [6.07, 6.45) is 6.12. The fraction of sp³-hybridized carbons (Fsp3) is 0. The smallest absolute Gasteiger partial charge is 0.137 e. The zero-order chi connectivity index (χ0) is 12.8. The largest absolute Gasteiger partial charge is 0.457 e. The number of nitrogens with zero attached hydrogens (tertiary/aromatic N) is 2. The van der Waals surface area contributed by atoms with Gasteiger partial charge in [0.2, 0.25) is 0 Å². The minimum absolute atomic E-state index is 0.318. The van der Waals surface area contributed by atoms with E-state index in [2.05, 4.69) is 4.98 Å². The Morgan fingerprint density at radius 1 is 1.22 bits per heavy atom. The molecule has 0 amide bonds. The SMILES string of the molecule is N#CC=Cc1cnccc1Oc1ccc(F)cc1. The molecule has 2 aromatic rings. The first kappa shape index (κ1) is 11.8. The Labute approximate surface area is 104 Å². The highest BCUT2D eigenvalue weighted by atomic mass is 19.1. The van der Waals surface area contributed by atoms with E-state index in [0.717, 1.165) is 0 Å². The summed E-state index contributed by atoms with van der Waals surface area (Å²) in [6, 6.07) is 9.29. The monoisotopic (exact) mass is 240 g/mol. The molecule has 1 aromatic heterocycles. The molecule has 0 saturated carbocycles. The van der Waals surface area contributed by atoms with Crippen LogP contribution in [0.4, 0.5) is 4.39 Å². The van der Waals surface area contributed by atoms with Gasteiger partial charge in [-0.15, -0.1) is 0 Å². The number of ether oxygens (including phenoxy) is 1. The van der Waals surface area contributed by atoms with E-state index in [0.29, 0.717) is 17.1 Å². The van der Waals surface area contributed by atoms with Crippen molar-refractivity contribution in [2.24, 2.45) is 0 Å². The van der Waals surface area contributed by atoms with Crippen LogP contribution in [0, 0.1) is 17.1 Å². The Morgan fingerprint density at radius 2 is 2.00 bits per heavy atom. The van der Waals surface area contributed by atoms with Gasteiger partial charge in [-0.2, -0.15) is 5.26 Å². The first-order valence-electron chi connectivity index (χ1n) is 5.23. The topological polar surface area (TPSA) is 45.9 Å². The number of pyridine rings is 1. The molecule has 4 heteroatoms. The van der Waals surface area contributed by atoms with E-state index in [1.807, 2.05) is 6.07 Å². The van der Waals surface area contributed by atoms with Crippen molar-refractivity contribution >= 4 is 6.08 Å². The second-order valence-corrected chi connectivity index (χ2v) is 3.43. The molecule has 2 rings (SSSR count). The van der Waals surface area contributed by atoms with Crippen LogP contribution in [0.2, 0.25) is 0 Å². The van der Waals surface area contributed by atoms with Gasteiger partial charge in [0.15, 0.2) is 0 Å². The minimum atomic E-state index is -0.318. The third-order valence-electron chi connectivity index (χ3n) is 2.19. The lowest BCUT2D eigenvalue weighted by Crippen LogP contribution is -1.88. The summed E-state index contributed by atoms with van der Waals surface area (Å²) in [4.78, 5) is 3.95. The van der Waals surface area contributed by atoms with Gasteiger partial charge in [0.1, 0.15) is 17.3 Å². The summed E-state index contributed by atoms with van der Waals surface area (Å²) in [5.74, 6) is 0.763. The molecule has 0 aliphatic rings. The number of benzene rings is 1. The molecule has 0 fully saturated rings. The highest BCUT2D eigenvalue weighted by molar-refractivity contribution is 5.58. The van der Waals surface area contributed by atoms with Crippen molar-refractivity contribution in [3.8, 4) is 17.6 Å². The Morgan fingerprint density at radius 3 is 2.72 bits per heavy atom. The van der Waals surface area contributed by atoms with Crippen LogP contribution in [0.1, 0.15) is 5.56 Å². The highest BCUT2D eigenvalue weighted by Gasteiger charge is 2.02. The standard InChI is InChI=1S/C14H9FN2O/c15-12-3-5-13(6-4-12)18-14-7-9-17-10-11(14)2-1-8-16/h1-7,9-10H. The molecule has 3 nitrogen and oxygen atoms in total. The highest BCUT2D eigenvalue weighted by Crippen LogP contribution is 2.25. The number of halogens is 1. The number of hydrogen-bond donors (Lipinski definition) is 0. The van der Waals surface area contributed by atoms with E-state index in [1.165, 1.54) is 30.3 Å². The maximum Gasteiger partial charge on any atom is 0.137 e. The maximum atomic E-state index is 12.8. The number of aromatic nitrogens is 1. The normalized spacial score (nSPS) is 10.2. The predicted octanol–water partition coefficient (Wildman–Crippen LogP) is 3.55. The van der Waals surface area contributed by atoms with Gasteiger partial charge in [-0.05, 0) is 36.4 Å². The predicted molar refractivity (Wildman–Crippen MR) is 65.4 cm³/mol. The average Bonchev–Trinajstić information content (AvgIpc) is 2.40. The third-order valence-corrected chi connectivity index (χ3v) is 2.19. The van der Waals surface area contributed by atoms with E-state index >= 15 is 0 Å². The van der Waals surface area contributed by atoms with E-state index in [9.17, 15) is 4.39 Å². The summed E-state index contributed by atoms with van der Waals surface area (Å²) < 4.78 is 18.4. The van der Waals surface area contributed by atoms with E-state index in [-0.39, 0.29) is 5.82 Å². The van der Waals surface area contributed by atoms with Crippen LogP contribution < -0.4 is 4.74 Å². The molecule has 0 spiro atoms. The zero-order valence-electron chi connectivity index (χ0n) is 9.38. The Bertz CT molecular complexity index is 600. The molecular formula is C14H9FN2O. The van der Waals surface area contributed by atoms with Crippen molar-refractivity contribution in [2.75, 3.05) is 0 Å². The maximum absolute atomic E-state index is 12.8. The second kappa shape index (κ2) is 5.60. The summed E-state index contributed by atoms with van der Waals surface area (Å²) in [7, 11) is 0. The molecular weight excluding hydrogens is 231 g/mol. The molecule has 1 aromatic carbocycles. The number of rotatable bonds is 3. The van der Waals surface area contributed by atoms with E-state index < -0.39 is 0 Å². The fourth-order valence-corrected chi connectivity index (χ4v) is 1.37. The van der Waals surface area contributed by atoms with Gasteiger partial charge in [-0.3, -0.25) is 4.98 Å². The molecule has 0 aliphatic heterocycles. The van der Waals surface area contributed by atoms with Crippen LogP contribution in [0.25, 0.3) is 6.08 Å². The minimum Gasteiger partial charge on any atom is -0.457 e. The van der Waals surface area contributed by atoms with Crippen LogP contribution in [-0.4, -0.2) is 4.98 Å². The molecule has 0 aliphatic carbocycles. The molecule has 0 atom stereocenters. The molecule has 0 N–H and O–H groups in total. The van der Waals surface area contributed by atoms with Crippen LogP contribution in [-0.2, 0) is 0 Å². The van der Waals surface area contributed by atoms with Gasteiger partial charge in [-0.25, -0.2) is 4.39 Å². The van der Waals surface area contributed by atoms with E-state index in [4.69, 9.17) is 10.00 Å². The number of hydrogen-bond acceptors (Lipinski definition) is 3. The van der Waals surface area contributed by atoms with Crippen molar-refractivity contribution in [3.05, 3.63) is 60.2 Å². The van der Waals surface area contributed by atoms with Crippen molar-refractivity contribution in [3.63, 3.8) is 0 Å². The van der Waals surface area contributed by atoms with Crippen LogP contribution in [0.5, 0.6) is 11.5 Å². The lowest BCUT2D eigenvalue weighted by molar-refractivity contribution is 0.478. The summed E-state index contributed by atoms with van der Waals surface area (Å²) in [5.41, 5.74) is 0.684. The van der Waals surface area contributed by atoms with Crippen molar-refractivity contribution < 1.29 is 9.13 Å². The van der Waals surface area contributed by atoms with Gasteiger partial charge < -0.3 is 4.74 Å². The second-order valence-electron chi connectivity index (χ2n) is 3.43. The molecule has 0 bridgehead atoms. The lowest BCUT2D eigenvalue weighted by Gasteiger charge is -2.07. The van der Waals surface area contributed by atoms with Gasteiger partial charge in [0.25, 0.3) is 0 Å². The fourth-order valence-electron chi connectivity index (χ4n) is 1.37. The van der Waals surface area contributed by atoms with Gasteiger partial charge in [-0.1, -0.05) is 0 Å². The first-order valence-corrected chi connectivity index (χ1v) is 5.23. The van der Waals surface area contributed by atoms with Crippen LogP contribution in [0.15, 0.2) is 48.8 Å². The van der Waals surface area contributed by atoms with Crippen LogP contribution >= 0.6 is 0 Å². The third kappa shape index (κ3) is 2.92. The van der Waals surface area contributed by atoms with Gasteiger partial charge in [0, 0.05) is 24.0 Å². The lowest BCUT2D eigenvalue weighted by atomic mass is 10.2. The molecule has 88 valence electrons.